The van der Waals surface area contributed by atoms with Gasteiger partial charge in [-0.3, -0.25) is 14.4 Å². The zero-order valence-corrected chi connectivity index (χ0v) is 17.3. The zero-order valence-electron chi connectivity index (χ0n) is 17.3. The standard InChI is InChI=1S/C23H28N4O3/c1-26-19(5-8-25-26)22(28)24-11-17-18-13-27(14-23(18)7-4-21(17)30-23)12-15-2-3-20-16(10-15)6-9-29-20/h2-3,5,8,10,17-18,21H,4,6-7,9,11-14H2,1H3,(H,24,28)/t17-,18+,21+,23+/m0/s1. The number of ether oxygens (including phenoxy) is 2. The number of hydrogen-bond acceptors (Lipinski definition) is 5. The van der Waals surface area contributed by atoms with E-state index in [4.69, 9.17) is 9.47 Å². The van der Waals surface area contributed by atoms with Crippen molar-refractivity contribution in [1.29, 1.82) is 0 Å². The van der Waals surface area contributed by atoms with Gasteiger partial charge in [0.25, 0.3) is 5.91 Å². The van der Waals surface area contributed by atoms with Crippen molar-refractivity contribution in [3.63, 3.8) is 0 Å². The smallest absolute Gasteiger partial charge is 0.269 e. The van der Waals surface area contributed by atoms with Crippen molar-refractivity contribution in [3.05, 3.63) is 47.3 Å². The Morgan fingerprint density at radius 3 is 3.17 bits per heavy atom. The largest absolute Gasteiger partial charge is 0.493 e. The molecular weight excluding hydrogens is 380 g/mol. The fourth-order valence-corrected chi connectivity index (χ4v) is 6.17. The maximum atomic E-state index is 12.5. The van der Waals surface area contributed by atoms with Crippen molar-refractivity contribution >= 4 is 5.91 Å². The number of benzene rings is 1. The van der Waals surface area contributed by atoms with Crippen LogP contribution in [0, 0.1) is 11.8 Å². The van der Waals surface area contributed by atoms with Crippen LogP contribution in [-0.2, 0) is 24.8 Å². The van der Waals surface area contributed by atoms with Crippen LogP contribution < -0.4 is 10.1 Å². The lowest BCUT2D eigenvalue weighted by atomic mass is 9.73. The predicted molar refractivity (Wildman–Crippen MR) is 110 cm³/mol. The molecule has 7 nitrogen and oxygen atoms in total. The lowest BCUT2D eigenvalue weighted by Gasteiger charge is -2.29. The van der Waals surface area contributed by atoms with Crippen molar-refractivity contribution in [1.82, 2.24) is 20.0 Å². The maximum absolute atomic E-state index is 12.5. The first-order valence-corrected chi connectivity index (χ1v) is 11.0. The summed E-state index contributed by atoms with van der Waals surface area (Å²) in [5.74, 6) is 1.86. The normalized spacial score (nSPS) is 31.6. The van der Waals surface area contributed by atoms with Gasteiger partial charge in [0, 0.05) is 57.7 Å². The highest BCUT2D eigenvalue weighted by atomic mass is 16.5. The van der Waals surface area contributed by atoms with Gasteiger partial charge in [-0.15, -0.1) is 0 Å². The van der Waals surface area contributed by atoms with Gasteiger partial charge in [0.2, 0.25) is 0 Å². The third kappa shape index (κ3) is 2.87. The van der Waals surface area contributed by atoms with Crippen molar-refractivity contribution in [3.8, 4) is 5.75 Å². The van der Waals surface area contributed by atoms with Crippen LogP contribution in [0.3, 0.4) is 0 Å². The van der Waals surface area contributed by atoms with Crippen LogP contribution in [0.15, 0.2) is 30.5 Å². The van der Waals surface area contributed by atoms with E-state index in [1.165, 1.54) is 11.1 Å². The number of aromatic nitrogens is 2. The van der Waals surface area contributed by atoms with Gasteiger partial charge in [0.15, 0.2) is 0 Å². The van der Waals surface area contributed by atoms with Gasteiger partial charge in [0.05, 0.1) is 18.3 Å². The Hall–Kier alpha value is -2.38. The quantitative estimate of drug-likeness (QED) is 0.817. The molecule has 1 amide bonds. The molecule has 158 valence electrons. The molecule has 6 rings (SSSR count). The summed E-state index contributed by atoms with van der Waals surface area (Å²) in [6.07, 6.45) is 5.19. The molecule has 4 aliphatic heterocycles. The van der Waals surface area contributed by atoms with E-state index in [1.807, 2.05) is 0 Å². The molecule has 4 atom stereocenters. The number of aryl methyl sites for hydroxylation is 1. The lowest BCUT2D eigenvalue weighted by molar-refractivity contribution is 0.00212. The summed E-state index contributed by atoms with van der Waals surface area (Å²) in [6, 6.07) is 8.37. The van der Waals surface area contributed by atoms with E-state index in [-0.39, 0.29) is 17.6 Å². The first kappa shape index (κ1) is 18.4. The molecule has 0 unspecified atom stereocenters. The van der Waals surface area contributed by atoms with E-state index < -0.39 is 0 Å². The summed E-state index contributed by atoms with van der Waals surface area (Å²) >= 11 is 0. The first-order valence-electron chi connectivity index (χ1n) is 11.0. The van der Waals surface area contributed by atoms with E-state index in [1.54, 1.807) is 24.0 Å². The minimum Gasteiger partial charge on any atom is -0.493 e. The summed E-state index contributed by atoms with van der Waals surface area (Å²) in [6.45, 7) is 4.46. The third-order valence-corrected chi connectivity index (χ3v) is 7.57. The summed E-state index contributed by atoms with van der Waals surface area (Å²) in [5, 5.41) is 7.24. The van der Waals surface area contributed by atoms with Crippen LogP contribution in [0.2, 0.25) is 0 Å². The molecule has 1 aromatic heterocycles. The number of nitrogens with one attached hydrogen (secondary N) is 1. The van der Waals surface area contributed by atoms with Crippen molar-refractivity contribution in [2.45, 2.75) is 37.5 Å². The van der Waals surface area contributed by atoms with E-state index in [0.29, 0.717) is 24.1 Å². The number of hydrogen-bond donors (Lipinski definition) is 1. The number of fused-ring (bicyclic) bond motifs is 2. The fraction of sp³-hybridized carbons (Fsp3) is 0.565. The van der Waals surface area contributed by atoms with E-state index in [9.17, 15) is 4.79 Å². The van der Waals surface area contributed by atoms with Gasteiger partial charge in [-0.1, -0.05) is 12.1 Å². The van der Waals surface area contributed by atoms with Crippen LogP contribution in [0.1, 0.15) is 34.5 Å². The lowest BCUT2D eigenvalue weighted by Crippen LogP contribution is -2.42. The van der Waals surface area contributed by atoms with Crippen LogP contribution in [-0.4, -0.2) is 58.5 Å². The Morgan fingerprint density at radius 1 is 1.37 bits per heavy atom. The molecule has 1 aromatic carbocycles. The van der Waals surface area contributed by atoms with Gasteiger partial charge in [-0.2, -0.15) is 5.10 Å². The molecule has 1 spiro atoms. The molecule has 0 radical (unpaired) electrons. The minimum absolute atomic E-state index is 0.0214. The van der Waals surface area contributed by atoms with Crippen LogP contribution in [0.5, 0.6) is 5.75 Å². The Bertz CT molecular complexity index is 989. The Morgan fingerprint density at radius 2 is 2.30 bits per heavy atom. The second-order valence-corrected chi connectivity index (χ2v) is 9.29. The highest BCUT2D eigenvalue weighted by molar-refractivity contribution is 5.92. The molecule has 5 heterocycles. The molecule has 3 fully saturated rings. The molecule has 3 saturated heterocycles. The molecule has 2 bridgehead atoms. The van der Waals surface area contributed by atoms with E-state index >= 15 is 0 Å². The average molecular weight is 409 g/mol. The Kier molecular flexibility index (Phi) is 4.18. The van der Waals surface area contributed by atoms with Gasteiger partial charge >= 0.3 is 0 Å². The number of amides is 1. The highest BCUT2D eigenvalue weighted by Gasteiger charge is 2.62. The van der Waals surface area contributed by atoms with Gasteiger partial charge < -0.3 is 14.8 Å². The molecule has 0 aliphatic carbocycles. The summed E-state index contributed by atoms with van der Waals surface area (Å²) < 4.78 is 13.8. The number of rotatable bonds is 5. The zero-order chi connectivity index (χ0) is 20.3. The number of nitrogens with zero attached hydrogens (tertiary/aromatic N) is 3. The van der Waals surface area contributed by atoms with Crippen LogP contribution in [0.25, 0.3) is 0 Å². The summed E-state index contributed by atoms with van der Waals surface area (Å²) in [7, 11) is 1.80. The molecular formula is C23H28N4O3. The van der Waals surface area contributed by atoms with Crippen molar-refractivity contribution in [2.75, 3.05) is 26.2 Å². The van der Waals surface area contributed by atoms with E-state index in [2.05, 4.69) is 33.5 Å². The SMILES string of the molecule is Cn1nccc1C(=O)NC[C@H]1[C@H]2CN(Cc3ccc4c(c3)CCO4)C[C@]23CC[C@H]1O3. The van der Waals surface area contributed by atoms with Crippen molar-refractivity contribution < 1.29 is 14.3 Å². The molecule has 7 heteroatoms. The molecule has 30 heavy (non-hydrogen) atoms. The van der Waals surface area contributed by atoms with E-state index in [0.717, 1.165) is 51.3 Å². The predicted octanol–water partition coefficient (Wildman–Crippen LogP) is 1.76. The third-order valence-electron chi connectivity index (χ3n) is 7.57. The molecule has 2 aromatic rings. The molecule has 1 N–H and O–H groups in total. The van der Waals surface area contributed by atoms with Gasteiger partial charge in [0.1, 0.15) is 11.4 Å². The highest BCUT2D eigenvalue weighted by Crippen LogP contribution is 2.54. The maximum Gasteiger partial charge on any atom is 0.269 e. The summed E-state index contributed by atoms with van der Waals surface area (Å²) in [4.78, 5) is 15.1. The van der Waals surface area contributed by atoms with Gasteiger partial charge in [-0.05, 0) is 36.1 Å². The second-order valence-electron chi connectivity index (χ2n) is 9.29. The molecule has 4 aliphatic rings. The fourth-order valence-electron chi connectivity index (χ4n) is 6.17. The Balaban J connectivity index is 1.13. The number of carbonyl (C=O) groups excluding carboxylic acids is 1. The Labute approximate surface area is 176 Å². The molecule has 0 saturated carbocycles. The topological polar surface area (TPSA) is 68.6 Å². The minimum atomic E-state index is -0.0537. The summed E-state index contributed by atoms with van der Waals surface area (Å²) in [5.41, 5.74) is 3.26. The monoisotopic (exact) mass is 408 g/mol. The first-order chi connectivity index (χ1) is 14.6. The van der Waals surface area contributed by atoms with Crippen LogP contribution >= 0.6 is 0 Å². The van der Waals surface area contributed by atoms with Crippen molar-refractivity contribution in [2.24, 2.45) is 18.9 Å². The average Bonchev–Trinajstić information content (AvgIpc) is 3.52. The second kappa shape index (κ2) is 6.82. The van der Waals surface area contributed by atoms with Gasteiger partial charge in [-0.25, -0.2) is 0 Å². The number of carbonyl (C=O) groups is 1. The van der Waals surface area contributed by atoms with Crippen LogP contribution in [0.4, 0.5) is 0 Å². The number of likely N-dealkylation sites (tertiary alicyclic amines) is 1.